The first-order chi connectivity index (χ1) is 14.6. The number of ether oxygens (including phenoxy) is 4. The van der Waals surface area contributed by atoms with E-state index in [4.69, 9.17) is 14.2 Å². The summed E-state index contributed by atoms with van der Waals surface area (Å²) < 4.78 is 20.9. The second-order valence-corrected chi connectivity index (χ2v) is 6.51. The molecule has 2 aromatic rings. The second kappa shape index (κ2) is 13.2. The van der Waals surface area contributed by atoms with Gasteiger partial charge in [0.05, 0.1) is 40.3 Å². The standard InChI is InChI=1S/C24H28O6/c1-27-22-10-6-9-21(17-22)20(13-15-29-18-19-7-4-3-5-8-19)14-16-30-24(26)12-11-23(25)28-2/h3-10,14,17H,11-13,15-16,18H2,1-2H3/b20-14-. The molecule has 0 fully saturated rings. The van der Waals surface area contributed by atoms with Crippen LogP contribution in [0.3, 0.4) is 0 Å². The molecule has 0 aliphatic carbocycles. The minimum absolute atomic E-state index is 0.00477. The van der Waals surface area contributed by atoms with Crippen molar-refractivity contribution in [1.82, 2.24) is 0 Å². The fourth-order valence-electron chi connectivity index (χ4n) is 2.75. The summed E-state index contributed by atoms with van der Waals surface area (Å²) in [5.74, 6) is -0.129. The summed E-state index contributed by atoms with van der Waals surface area (Å²) in [6.45, 7) is 1.17. The zero-order chi connectivity index (χ0) is 21.6. The van der Waals surface area contributed by atoms with E-state index in [1.165, 1.54) is 7.11 Å². The summed E-state index contributed by atoms with van der Waals surface area (Å²) in [5, 5.41) is 0. The number of esters is 2. The molecule has 2 aromatic carbocycles. The smallest absolute Gasteiger partial charge is 0.306 e. The van der Waals surface area contributed by atoms with Crippen LogP contribution in [-0.2, 0) is 30.4 Å². The van der Waals surface area contributed by atoms with Crippen molar-refractivity contribution in [2.75, 3.05) is 27.4 Å². The normalized spacial score (nSPS) is 11.1. The van der Waals surface area contributed by atoms with E-state index in [-0.39, 0.29) is 19.4 Å². The predicted octanol–water partition coefficient (Wildman–Crippen LogP) is 4.18. The van der Waals surface area contributed by atoms with Crippen molar-refractivity contribution in [2.45, 2.75) is 25.9 Å². The maximum Gasteiger partial charge on any atom is 0.306 e. The van der Waals surface area contributed by atoms with E-state index in [2.05, 4.69) is 4.74 Å². The summed E-state index contributed by atoms with van der Waals surface area (Å²) in [6, 6.07) is 17.7. The highest BCUT2D eigenvalue weighted by molar-refractivity contribution is 5.77. The molecule has 0 unspecified atom stereocenters. The van der Waals surface area contributed by atoms with Crippen molar-refractivity contribution in [1.29, 1.82) is 0 Å². The van der Waals surface area contributed by atoms with Gasteiger partial charge < -0.3 is 18.9 Å². The van der Waals surface area contributed by atoms with Crippen LogP contribution < -0.4 is 4.74 Å². The lowest BCUT2D eigenvalue weighted by atomic mass is 10.0. The van der Waals surface area contributed by atoms with Crippen LogP contribution in [0.4, 0.5) is 0 Å². The maximum absolute atomic E-state index is 11.8. The Morgan fingerprint density at radius 2 is 1.67 bits per heavy atom. The molecule has 0 aromatic heterocycles. The topological polar surface area (TPSA) is 71.1 Å². The highest BCUT2D eigenvalue weighted by Gasteiger charge is 2.08. The van der Waals surface area contributed by atoms with Gasteiger partial charge in [0, 0.05) is 0 Å². The molecule has 6 heteroatoms. The van der Waals surface area contributed by atoms with Crippen LogP contribution in [0, 0.1) is 0 Å². The minimum Gasteiger partial charge on any atom is -0.497 e. The molecule has 0 radical (unpaired) electrons. The van der Waals surface area contributed by atoms with Gasteiger partial charge >= 0.3 is 11.9 Å². The van der Waals surface area contributed by atoms with E-state index in [0.717, 1.165) is 22.4 Å². The molecule has 2 rings (SSSR count). The number of hydrogen-bond acceptors (Lipinski definition) is 6. The average molecular weight is 412 g/mol. The minimum atomic E-state index is -0.443. The van der Waals surface area contributed by atoms with Gasteiger partial charge in [-0.1, -0.05) is 42.5 Å². The van der Waals surface area contributed by atoms with Crippen molar-refractivity contribution in [3.63, 3.8) is 0 Å². The monoisotopic (exact) mass is 412 g/mol. The molecule has 30 heavy (non-hydrogen) atoms. The Balaban J connectivity index is 1.93. The SMILES string of the molecule is COC(=O)CCC(=O)OC/C=C(/CCOCc1ccccc1)c1cccc(OC)c1. The first-order valence-electron chi connectivity index (χ1n) is 9.80. The molecule has 0 aliphatic rings. The van der Waals surface area contributed by atoms with E-state index >= 15 is 0 Å². The number of carbonyl (C=O) groups excluding carboxylic acids is 2. The van der Waals surface area contributed by atoms with Crippen LogP contribution >= 0.6 is 0 Å². The zero-order valence-electron chi connectivity index (χ0n) is 17.5. The summed E-state index contributed by atoms with van der Waals surface area (Å²) in [4.78, 5) is 22.9. The Bertz CT molecular complexity index is 829. The Morgan fingerprint density at radius 1 is 0.900 bits per heavy atom. The van der Waals surface area contributed by atoms with E-state index in [1.54, 1.807) is 7.11 Å². The van der Waals surface area contributed by atoms with Gasteiger partial charge in [-0.05, 0) is 41.3 Å². The van der Waals surface area contributed by atoms with Crippen molar-refractivity contribution >= 4 is 17.5 Å². The fourth-order valence-corrected chi connectivity index (χ4v) is 2.75. The van der Waals surface area contributed by atoms with Gasteiger partial charge in [-0.25, -0.2) is 0 Å². The molecule has 0 aliphatic heterocycles. The third-order valence-corrected chi connectivity index (χ3v) is 4.40. The summed E-state index contributed by atoms with van der Waals surface area (Å²) in [6.07, 6.45) is 2.51. The predicted molar refractivity (Wildman–Crippen MR) is 114 cm³/mol. The Morgan fingerprint density at radius 3 is 2.40 bits per heavy atom. The van der Waals surface area contributed by atoms with Crippen molar-refractivity contribution in [2.24, 2.45) is 0 Å². The number of carbonyl (C=O) groups is 2. The zero-order valence-corrected chi connectivity index (χ0v) is 17.5. The third kappa shape index (κ3) is 8.49. The Labute approximate surface area is 177 Å². The fraction of sp³-hybridized carbons (Fsp3) is 0.333. The summed E-state index contributed by atoms with van der Waals surface area (Å²) in [7, 11) is 2.91. The molecular formula is C24H28O6. The highest BCUT2D eigenvalue weighted by Crippen LogP contribution is 2.23. The third-order valence-electron chi connectivity index (χ3n) is 4.40. The van der Waals surface area contributed by atoms with Crippen molar-refractivity contribution in [3.05, 3.63) is 71.8 Å². The largest absolute Gasteiger partial charge is 0.497 e. The van der Waals surface area contributed by atoms with Gasteiger partial charge in [-0.2, -0.15) is 0 Å². The molecule has 0 N–H and O–H groups in total. The summed E-state index contributed by atoms with van der Waals surface area (Å²) >= 11 is 0. The highest BCUT2D eigenvalue weighted by atomic mass is 16.5. The molecular weight excluding hydrogens is 384 g/mol. The summed E-state index contributed by atoms with van der Waals surface area (Å²) in [5.41, 5.74) is 3.08. The number of benzene rings is 2. The van der Waals surface area contributed by atoms with Gasteiger partial charge in [0.25, 0.3) is 0 Å². The molecule has 0 atom stereocenters. The average Bonchev–Trinajstić information content (AvgIpc) is 2.79. The lowest BCUT2D eigenvalue weighted by molar-refractivity contribution is -0.148. The molecule has 0 heterocycles. The molecule has 0 amide bonds. The van der Waals surface area contributed by atoms with E-state index in [1.807, 2.05) is 60.7 Å². The number of hydrogen-bond donors (Lipinski definition) is 0. The quantitative estimate of drug-likeness (QED) is 0.385. The van der Waals surface area contributed by atoms with Crippen LogP contribution in [0.1, 0.15) is 30.4 Å². The van der Waals surface area contributed by atoms with Gasteiger partial charge in [-0.3, -0.25) is 9.59 Å². The van der Waals surface area contributed by atoms with Crippen LogP contribution in [-0.4, -0.2) is 39.4 Å². The molecule has 0 saturated carbocycles. The van der Waals surface area contributed by atoms with Crippen LogP contribution in [0.25, 0.3) is 5.57 Å². The first kappa shape index (κ1) is 23.2. The number of rotatable bonds is 12. The van der Waals surface area contributed by atoms with Gasteiger partial charge in [0.1, 0.15) is 12.4 Å². The van der Waals surface area contributed by atoms with Gasteiger partial charge in [-0.15, -0.1) is 0 Å². The van der Waals surface area contributed by atoms with Gasteiger partial charge in [0.15, 0.2) is 0 Å². The van der Waals surface area contributed by atoms with E-state index in [0.29, 0.717) is 19.6 Å². The second-order valence-electron chi connectivity index (χ2n) is 6.51. The van der Waals surface area contributed by atoms with Crippen molar-refractivity contribution in [3.8, 4) is 5.75 Å². The Hall–Kier alpha value is -3.12. The van der Waals surface area contributed by atoms with Crippen LogP contribution in [0.5, 0.6) is 5.75 Å². The van der Waals surface area contributed by atoms with Gasteiger partial charge in [0.2, 0.25) is 0 Å². The van der Waals surface area contributed by atoms with Crippen molar-refractivity contribution < 1.29 is 28.5 Å². The molecule has 0 spiro atoms. The molecule has 0 bridgehead atoms. The Kier molecular flexibility index (Phi) is 10.2. The van der Waals surface area contributed by atoms with E-state index in [9.17, 15) is 9.59 Å². The number of methoxy groups -OCH3 is 2. The van der Waals surface area contributed by atoms with Crippen LogP contribution in [0.15, 0.2) is 60.7 Å². The lowest BCUT2D eigenvalue weighted by Crippen LogP contribution is -2.09. The molecule has 6 nitrogen and oxygen atoms in total. The lowest BCUT2D eigenvalue weighted by Gasteiger charge is -2.11. The van der Waals surface area contributed by atoms with E-state index < -0.39 is 11.9 Å². The molecule has 0 saturated heterocycles. The van der Waals surface area contributed by atoms with Crippen LogP contribution in [0.2, 0.25) is 0 Å². The first-order valence-corrected chi connectivity index (χ1v) is 9.80. The molecule has 160 valence electrons. The maximum atomic E-state index is 11.8.